The Labute approximate surface area is 241 Å². The van der Waals surface area contributed by atoms with Gasteiger partial charge in [-0.1, -0.05) is 129 Å². The highest BCUT2D eigenvalue weighted by Crippen LogP contribution is 2.37. The van der Waals surface area contributed by atoms with Crippen molar-refractivity contribution in [1.29, 1.82) is 0 Å². The van der Waals surface area contributed by atoms with Gasteiger partial charge in [-0.05, 0) is 51.5 Å². The molecule has 0 aromatic rings. The third-order valence-corrected chi connectivity index (χ3v) is 9.13. The highest BCUT2D eigenvalue weighted by molar-refractivity contribution is 5.90. The van der Waals surface area contributed by atoms with E-state index in [0.29, 0.717) is 24.4 Å². The molecule has 0 aliphatic carbocycles. The van der Waals surface area contributed by atoms with Crippen LogP contribution in [0.5, 0.6) is 0 Å². The molecule has 0 radical (unpaired) electrons. The van der Waals surface area contributed by atoms with Crippen molar-refractivity contribution >= 4 is 5.97 Å². The summed E-state index contributed by atoms with van der Waals surface area (Å²) >= 11 is 0. The zero-order chi connectivity index (χ0) is 27.5. The summed E-state index contributed by atoms with van der Waals surface area (Å²) in [4.78, 5) is 11.6. The summed E-state index contributed by atoms with van der Waals surface area (Å²) < 4.78 is 17.0. The van der Waals surface area contributed by atoms with Crippen molar-refractivity contribution in [2.24, 2.45) is 0 Å². The third kappa shape index (κ3) is 15.1. The number of unbranched alkanes of at least 4 members (excludes halogenated alkanes) is 18. The van der Waals surface area contributed by atoms with E-state index >= 15 is 0 Å². The molecule has 0 N–H and O–H groups in total. The lowest BCUT2D eigenvalue weighted by atomic mass is 10.0. The van der Waals surface area contributed by atoms with Gasteiger partial charge < -0.3 is 14.2 Å². The van der Waals surface area contributed by atoms with Gasteiger partial charge in [0.15, 0.2) is 0 Å². The lowest BCUT2D eigenvalue weighted by Crippen LogP contribution is -2.03. The van der Waals surface area contributed by atoms with Gasteiger partial charge >= 0.3 is 5.97 Å². The van der Waals surface area contributed by atoms with E-state index in [1.807, 2.05) is 13.0 Å². The van der Waals surface area contributed by atoms with Gasteiger partial charge in [-0.25, -0.2) is 4.79 Å². The highest BCUT2D eigenvalue weighted by atomic mass is 16.6. The van der Waals surface area contributed by atoms with Gasteiger partial charge in [0.2, 0.25) is 0 Å². The number of epoxide rings is 2. The van der Waals surface area contributed by atoms with Crippen LogP contribution in [0.25, 0.3) is 0 Å². The first-order chi connectivity index (χ1) is 19.2. The molecule has 3 aliphatic rings. The lowest BCUT2D eigenvalue weighted by Gasteiger charge is -2.03. The van der Waals surface area contributed by atoms with Crippen LogP contribution in [0.2, 0.25) is 0 Å². The molecule has 5 unspecified atom stereocenters. The second-order valence-corrected chi connectivity index (χ2v) is 12.9. The average Bonchev–Trinajstić information content (AvgIpc) is 3.83. The molecule has 0 amide bonds. The maximum Gasteiger partial charge on any atom is 0.334 e. The maximum absolute atomic E-state index is 11.6. The molecule has 0 spiro atoms. The Morgan fingerprint density at radius 3 is 1.33 bits per heavy atom. The molecular weight excluding hydrogens is 484 g/mol. The standard InChI is InChI=1S/C35H62O4/c1-3-4-5-6-7-15-18-21-24-31-33(38-31)26-27-34-32(39-34)25-22-19-16-13-11-9-8-10-12-14-17-20-23-30-28-29(2)37-35(30)36/h28-29,31-34H,3-27H2,1-2H3. The number of carbonyl (C=O) groups excluding carboxylic acids is 1. The Hall–Kier alpha value is -0.870. The second kappa shape index (κ2) is 20.1. The quantitative estimate of drug-likeness (QED) is 0.0584. The van der Waals surface area contributed by atoms with Crippen LogP contribution >= 0.6 is 0 Å². The molecule has 0 aromatic heterocycles. The van der Waals surface area contributed by atoms with Crippen molar-refractivity contribution < 1.29 is 19.0 Å². The van der Waals surface area contributed by atoms with Crippen LogP contribution in [0.15, 0.2) is 11.6 Å². The van der Waals surface area contributed by atoms with Crippen molar-refractivity contribution in [2.75, 3.05) is 0 Å². The predicted molar refractivity (Wildman–Crippen MR) is 162 cm³/mol. The summed E-state index contributed by atoms with van der Waals surface area (Å²) in [5.74, 6) is -0.0933. The maximum atomic E-state index is 11.6. The molecule has 2 saturated heterocycles. The van der Waals surface area contributed by atoms with E-state index in [2.05, 4.69) is 6.92 Å². The zero-order valence-electron chi connectivity index (χ0n) is 25.8. The van der Waals surface area contributed by atoms with Gasteiger partial charge in [-0.15, -0.1) is 0 Å². The molecular formula is C35H62O4. The van der Waals surface area contributed by atoms with Crippen LogP contribution < -0.4 is 0 Å². The van der Waals surface area contributed by atoms with Crippen LogP contribution in [0, 0.1) is 0 Å². The minimum absolute atomic E-state index is 0.0212. The van der Waals surface area contributed by atoms with E-state index in [0.717, 1.165) is 18.4 Å². The van der Waals surface area contributed by atoms with Gasteiger partial charge in [-0.3, -0.25) is 0 Å². The molecule has 3 aliphatic heterocycles. The molecule has 4 heteroatoms. The number of hydrogen-bond donors (Lipinski definition) is 0. The van der Waals surface area contributed by atoms with E-state index in [-0.39, 0.29) is 12.1 Å². The minimum atomic E-state index is -0.0933. The molecule has 0 bridgehead atoms. The molecule has 0 saturated carbocycles. The highest BCUT2D eigenvalue weighted by Gasteiger charge is 2.42. The van der Waals surface area contributed by atoms with Crippen LogP contribution in [-0.4, -0.2) is 36.5 Å². The number of rotatable bonds is 27. The Morgan fingerprint density at radius 2 is 0.923 bits per heavy atom. The largest absolute Gasteiger partial charge is 0.455 e. The Kier molecular flexibility index (Phi) is 16.8. The fraction of sp³-hybridized carbons (Fsp3) is 0.914. The second-order valence-electron chi connectivity index (χ2n) is 12.9. The van der Waals surface area contributed by atoms with Gasteiger partial charge in [0, 0.05) is 5.57 Å². The Balaban J connectivity index is 0.980. The van der Waals surface area contributed by atoms with Gasteiger partial charge in [0.05, 0.1) is 24.4 Å². The number of carbonyl (C=O) groups is 1. The molecule has 39 heavy (non-hydrogen) atoms. The van der Waals surface area contributed by atoms with Crippen molar-refractivity contribution in [1.82, 2.24) is 0 Å². The van der Waals surface area contributed by atoms with Crippen LogP contribution in [0.3, 0.4) is 0 Å². The first kappa shape index (κ1) is 32.6. The normalized spacial score (nSPS) is 25.6. The van der Waals surface area contributed by atoms with Crippen LogP contribution in [0.1, 0.15) is 174 Å². The summed E-state index contributed by atoms with van der Waals surface area (Å²) in [6.07, 6.45) is 37.4. The van der Waals surface area contributed by atoms with Crippen molar-refractivity contribution in [3.8, 4) is 0 Å². The topological polar surface area (TPSA) is 51.4 Å². The minimum Gasteiger partial charge on any atom is -0.455 e. The van der Waals surface area contributed by atoms with Crippen LogP contribution in [-0.2, 0) is 19.0 Å². The van der Waals surface area contributed by atoms with Crippen molar-refractivity contribution in [3.05, 3.63) is 11.6 Å². The number of hydrogen-bond acceptors (Lipinski definition) is 4. The zero-order valence-corrected chi connectivity index (χ0v) is 25.8. The molecule has 2 fully saturated rings. The van der Waals surface area contributed by atoms with Gasteiger partial charge in [0.1, 0.15) is 6.10 Å². The first-order valence-electron chi connectivity index (χ1n) is 17.4. The summed E-state index contributed by atoms with van der Waals surface area (Å²) in [5, 5.41) is 0. The van der Waals surface area contributed by atoms with Gasteiger partial charge in [0.25, 0.3) is 0 Å². The number of esters is 1. The monoisotopic (exact) mass is 546 g/mol. The predicted octanol–water partition coefficient (Wildman–Crippen LogP) is 10.2. The Bertz CT molecular complexity index is 674. The fourth-order valence-corrected chi connectivity index (χ4v) is 6.43. The molecule has 4 nitrogen and oxygen atoms in total. The first-order valence-corrected chi connectivity index (χ1v) is 17.4. The smallest absolute Gasteiger partial charge is 0.334 e. The summed E-state index contributed by atoms with van der Waals surface area (Å²) in [6.45, 7) is 4.22. The molecule has 5 atom stereocenters. The van der Waals surface area contributed by atoms with Crippen molar-refractivity contribution in [2.45, 2.75) is 205 Å². The van der Waals surface area contributed by atoms with Gasteiger partial charge in [-0.2, -0.15) is 0 Å². The third-order valence-electron chi connectivity index (χ3n) is 9.13. The number of ether oxygens (including phenoxy) is 3. The van der Waals surface area contributed by atoms with E-state index in [9.17, 15) is 4.79 Å². The van der Waals surface area contributed by atoms with Crippen LogP contribution in [0.4, 0.5) is 0 Å². The van der Waals surface area contributed by atoms with E-state index in [4.69, 9.17) is 14.2 Å². The lowest BCUT2D eigenvalue weighted by molar-refractivity contribution is -0.139. The number of cyclic esters (lactones) is 1. The molecule has 3 rings (SSSR count). The Morgan fingerprint density at radius 1 is 0.538 bits per heavy atom. The SMILES string of the molecule is CCCCCCCCCCC1OC1CCC1OC1CCCCCCCCCCCCCCC1=CC(C)OC1=O. The van der Waals surface area contributed by atoms with E-state index in [1.165, 1.54) is 148 Å². The summed E-state index contributed by atoms with van der Waals surface area (Å²) in [7, 11) is 0. The van der Waals surface area contributed by atoms with E-state index < -0.39 is 0 Å². The van der Waals surface area contributed by atoms with Crippen molar-refractivity contribution in [3.63, 3.8) is 0 Å². The molecule has 3 heterocycles. The molecule has 0 aromatic carbocycles. The van der Waals surface area contributed by atoms with E-state index in [1.54, 1.807) is 0 Å². The fourth-order valence-electron chi connectivity index (χ4n) is 6.43. The average molecular weight is 547 g/mol. The summed E-state index contributed by atoms with van der Waals surface area (Å²) in [6, 6.07) is 0. The molecule has 226 valence electrons. The summed E-state index contributed by atoms with van der Waals surface area (Å²) in [5.41, 5.74) is 0.896.